The van der Waals surface area contributed by atoms with Gasteiger partial charge in [0.25, 0.3) is 0 Å². The van der Waals surface area contributed by atoms with E-state index in [1.165, 1.54) is 11.1 Å². The first-order chi connectivity index (χ1) is 17.3. The van der Waals surface area contributed by atoms with E-state index < -0.39 is 7.60 Å². The monoisotopic (exact) mass is 506 g/mol. The van der Waals surface area contributed by atoms with Crippen LogP contribution >= 0.6 is 7.60 Å². The first-order valence-electron chi connectivity index (χ1n) is 12.3. The first kappa shape index (κ1) is 26.2. The Bertz CT molecular complexity index is 1390. The van der Waals surface area contributed by atoms with E-state index in [-0.39, 0.29) is 12.0 Å². The van der Waals surface area contributed by atoms with Crippen LogP contribution in [-0.4, -0.2) is 27.5 Å². The van der Waals surface area contributed by atoms with Crippen molar-refractivity contribution in [2.75, 3.05) is 12.7 Å². The van der Waals surface area contributed by atoms with Crippen LogP contribution in [0.1, 0.15) is 35.1 Å². The first-order valence-corrected chi connectivity index (χ1v) is 14.1. The lowest BCUT2D eigenvalue weighted by molar-refractivity contribution is 0.371. The fourth-order valence-corrected chi connectivity index (χ4v) is 5.11. The van der Waals surface area contributed by atoms with Crippen molar-refractivity contribution in [1.29, 1.82) is 0 Å². The lowest BCUT2D eigenvalue weighted by Crippen LogP contribution is -2.16. The number of aryl methyl sites for hydroxylation is 3. The van der Waals surface area contributed by atoms with Gasteiger partial charge in [-0.2, -0.15) is 0 Å². The van der Waals surface area contributed by atoms with Gasteiger partial charge in [-0.1, -0.05) is 54.6 Å². The Hall–Kier alpha value is -2.89. The molecular formula is C29H32FN2O3P. The van der Waals surface area contributed by atoms with Crippen LogP contribution in [0.25, 0.3) is 22.0 Å². The minimum atomic E-state index is -3.97. The van der Waals surface area contributed by atoms with Crippen LogP contribution in [0.4, 0.5) is 4.39 Å². The van der Waals surface area contributed by atoms with Crippen LogP contribution in [0.15, 0.2) is 72.9 Å². The number of halogens is 1. The molecule has 5 nitrogen and oxygen atoms in total. The Labute approximate surface area is 211 Å². The summed E-state index contributed by atoms with van der Waals surface area (Å²) in [5, 5.41) is 4.18. The van der Waals surface area contributed by atoms with Gasteiger partial charge in [0.05, 0.1) is 11.7 Å². The molecule has 1 aromatic heterocycles. The van der Waals surface area contributed by atoms with Crippen LogP contribution in [0.3, 0.4) is 0 Å². The van der Waals surface area contributed by atoms with Crippen LogP contribution in [0.5, 0.6) is 0 Å². The minimum Gasteiger partial charge on any atom is -0.324 e. The molecule has 0 amide bonds. The summed E-state index contributed by atoms with van der Waals surface area (Å²) in [7, 11) is -3.97. The van der Waals surface area contributed by atoms with Crippen molar-refractivity contribution in [3.8, 4) is 11.1 Å². The van der Waals surface area contributed by atoms with E-state index >= 15 is 4.39 Å². The molecule has 0 radical (unpaired) electrons. The third-order valence-electron chi connectivity index (χ3n) is 6.49. The van der Waals surface area contributed by atoms with Gasteiger partial charge in [-0.05, 0) is 84.7 Å². The largest absolute Gasteiger partial charge is 0.325 e. The van der Waals surface area contributed by atoms with E-state index in [2.05, 4.69) is 29.4 Å². The fourth-order valence-electron chi connectivity index (χ4n) is 4.54. The number of hydrogen-bond acceptors (Lipinski definition) is 3. The maximum Gasteiger partial charge on any atom is 0.325 e. The highest BCUT2D eigenvalue weighted by molar-refractivity contribution is 7.51. The molecule has 3 N–H and O–H groups in total. The Kier molecular flexibility index (Phi) is 8.65. The lowest BCUT2D eigenvalue weighted by Gasteiger charge is -2.13. The molecule has 0 unspecified atom stereocenters. The molecule has 0 spiro atoms. The fraction of sp³-hybridized carbons (Fsp3) is 0.276. The lowest BCUT2D eigenvalue weighted by atomic mass is 9.95. The standard InChI is InChI=1S/C29H32FN2O3P/c1-21-7-2-3-8-22(21)9-4-10-23-12-13-24(19-28(23)30)26-15-14-25(29-27(26)11-5-17-32-29)20-31-16-6-18-36(33,34)35/h2-3,5,7-8,11-15,17,19,31H,4,6,9-10,16,18,20H2,1H3,(H2,33,34,35). The second-order valence-electron chi connectivity index (χ2n) is 9.18. The smallest absolute Gasteiger partial charge is 0.324 e. The molecule has 0 bridgehead atoms. The number of hydrogen-bond donors (Lipinski definition) is 3. The Morgan fingerprint density at radius 2 is 1.69 bits per heavy atom. The van der Waals surface area contributed by atoms with Gasteiger partial charge in [0.15, 0.2) is 0 Å². The molecule has 1 heterocycles. The third-order valence-corrected chi connectivity index (χ3v) is 7.39. The van der Waals surface area contributed by atoms with Crippen LogP contribution in [-0.2, 0) is 24.0 Å². The van der Waals surface area contributed by atoms with Gasteiger partial charge in [0.2, 0.25) is 0 Å². The summed E-state index contributed by atoms with van der Waals surface area (Å²) in [5.74, 6) is -0.190. The van der Waals surface area contributed by atoms with E-state index in [4.69, 9.17) is 9.79 Å². The summed E-state index contributed by atoms with van der Waals surface area (Å²) >= 11 is 0. The molecule has 0 saturated carbocycles. The van der Waals surface area contributed by atoms with E-state index in [0.717, 1.165) is 46.0 Å². The van der Waals surface area contributed by atoms with Gasteiger partial charge in [0, 0.05) is 18.1 Å². The van der Waals surface area contributed by atoms with Crippen LogP contribution in [0, 0.1) is 12.7 Å². The molecule has 3 aromatic carbocycles. The number of rotatable bonds is 11. The molecule has 4 aromatic rings. The molecule has 188 valence electrons. The SMILES string of the molecule is Cc1ccccc1CCCc1ccc(-c2ccc(CNCCCP(=O)(O)O)c3ncccc23)cc1F. The molecule has 0 aliphatic carbocycles. The molecule has 0 saturated heterocycles. The second-order valence-corrected chi connectivity index (χ2v) is 11.0. The van der Waals surface area contributed by atoms with Gasteiger partial charge in [-0.15, -0.1) is 0 Å². The van der Waals surface area contributed by atoms with Crippen molar-refractivity contribution in [3.63, 3.8) is 0 Å². The summed E-state index contributed by atoms with van der Waals surface area (Å²) in [6.45, 7) is 3.14. The van der Waals surface area contributed by atoms with Gasteiger partial charge < -0.3 is 15.1 Å². The van der Waals surface area contributed by atoms with Crippen molar-refractivity contribution < 1.29 is 18.7 Å². The topological polar surface area (TPSA) is 82.5 Å². The molecule has 0 aliphatic heterocycles. The maximum absolute atomic E-state index is 15.1. The van der Waals surface area contributed by atoms with E-state index in [0.29, 0.717) is 25.9 Å². The number of fused-ring (bicyclic) bond motifs is 1. The molecule has 0 fully saturated rings. The summed E-state index contributed by atoms with van der Waals surface area (Å²) in [5.41, 5.74) is 6.87. The zero-order valence-corrected chi connectivity index (χ0v) is 21.3. The number of aromatic nitrogens is 1. The molecule has 0 aliphatic rings. The summed E-state index contributed by atoms with van der Waals surface area (Å²) in [6, 6.07) is 21.6. The van der Waals surface area contributed by atoms with Crippen molar-refractivity contribution in [2.24, 2.45) is 0 Å². The Balaban J connectivity index is 1.46. The average molecular weight is 507 g/mol. The number of pyridine rings is 1. The number of benzene rings is 3. The Morgan fingerprint density at radius 1 is 0.917 bits per heavy atom. The molecule has 4 rings (SSSR count). The van der Waals surface area contributed by atoms with E-state index in [1.807, 2.05) is 48.5 Å². The highest BCUT2D eigenvalue weighted by Gasteiger charge is 2.13. The van der Waals surface area contributed by atoms with Crippen LogP contribution < -0.4 is 5.32 Å². The summed E-state index contributed by atoms with van der Waals surface area (Å²) in [4.78, 5) is 22.6. The van der Waals surface area contributed by atoms with Gasteiger partial charge >= 0.3 is 7.60 Å². The van der Waals surface area contributed by atoms with Crippen molar-refractivity contribution >= 4 is 18.5 Å². The zero-order chi connectivity index (χ0) is 25.5. The average Bonchev–Trinajstić information content (AvgIpc) is 2.85. The normalized spacial score (nSPS) is 11.8. The van der Waals surface area contributed by atoms with Crippen molar-refractivity contribution in [3.05, 3.63) is 101 Å². The van der Waals surface area contributed by atoms with Gasteiger partial charge in [0.1, 0.15) is 5.82 Å². The highest BCUT2D eigenvalue weighted by Crippen LogP contribution is 2.34. The molecule has 0 atom stereocenters. The predicted molar refractivity (Wildman–Crippen MR) is 144 cm³/mol. The number of nitrogens with zero attached hydrogens (tertiary/aromatic N) is 1. The zero-order valence-electron chi connectivity index (χ0n) is 20.5. The van der Waals surface area contributed by atoms with Gasteiger partial charge in [-0.3, -0.25) is 9.55 Å². The minimum absolute atomic E-state index is 0.134. The maximum atomic E-state index is 15.1. The van der Waals surface area contributed by atoms with Crippen molar-refractivity contribution in [2.45, 2.75) is 39.2 Å². The summed E-state index contributed by atoms with van der Waals surface area (Å²) in [6.07, 6.45) is 4.51. The molecular weight excluding hydrogens is 474 g/mol. The highest BCUT2D eigenvalue weighted by atomic mass is 31.2. The number of nitrogens with one attached hydrogen (secondary N) is 1. The Morgan fingerprint density at radius 3 is 2.47 bits per heavy atom. The van der Waals surface area contributed by atoms with Crippen LogP contribution in [0.2, 0.25) is 0 Å². The molecule has 7 heteroatoms. The van der Waals surface area contributed by atoms with Gasteiger partial charge in [-0.25, -0.2) is 4.39 Å². The third kappa shape index (κ3) is 6.86. The molecule has 36 heavy (non-hydrogen) atoms. The summed E-state index contributed by atoms with van der Waals surface area (Å²) < 4.78 is 26.1. The quantitative estimate of drug-likeness (QED) is 0.167. The predicted octanol–water partition coefficient (Wildman–Crippen LogP) is 6.18. The van der Waals surface area contributed by atoms with E-state index in [1.54, 1.807) is 12.3 Å². The second kappa shape index (κ2) is 11.9. The van der Waals surface area contributed by atoms with E-state index in [9.17, 15) is 4.57 Å². The van der Waals surface area contributed by atoms with Crippen molar-refractivity contribution in [1.82, 2.24) is 10.3 Å².